The molecule has 0 atom stereocenters. The third-order valence-electron chi connectivity index (χ3n) is 3.02. The SMILES string of the molecule is CC(C)(N)CCNCCc1ccc2[nH]c(=O)oc2c1. The molecule has 0 bridgehead atoms. The van der Waals surface area contributed by atoms with Crippen LogP contribution in [0.2, 0.25) is 0 Å². The summed E-state index contributed by atoms with van der Waals surface area (Å²) >= 11 is 0. The zero-order valence-corrected chi connectivity index (χ0v) is 11.5. The van der Waals surface area contributed by atoms with E-state index in [4.69, 9.17) is 10.2 Å². The molecule has 4 N–H and O–H groups in total. The first-order valence-corrected chi connectivity index (χ1v) is 6.55. The summed E-state index contributed by atoms with van der Waals surface area (Å²) in [6, 6.07) is 5.78. The van der Waals surface area contributed by atoms with Gasteiger partial charge in [-0.2, -0.15) is 0 Å². The summed E-state index contributed by atoms with van der Waals surface area (Å²) < 4.78 is 5.03. The average molecular weight is 263 g/mol. The first-order valence-electron chi connectivity index (χ1n) is 6.55. The molecule has 0 radical (unpaired) electrons. The van der Waals surface area contributed by atoms with Crippen molar-refractivity contribution in [1.82, 2.24) is 10.3 Å². The molecule has 0 amide bonds. The van der Waals surface area contributed by atoms with Crippen molar-refractivity contribution >= 4 is 11.1 Å². The van der Waals surface area contributed by atoms with Crippen LogP contribution in [0.4, 0.5) is 0 Å². The van der Waals surface area contributed by atoms with E-state index in [9.17, 15) is 4.79 Å². The molecule has 0 aliphatic heterocycles. The second-order valence-corrected chi connectivity index (χ2v) is 5.58. The summed E-state index contributed by atoms with van der Waals surface area (Å²) in [5.74, 6) is -0.407. The molecule has 0 saturated carbocycles. The van der Waals surface area contributed by atoms with Crippen LogP contribution in [-0.2, 0) is 6.42 Å². The van der Waals surface area contributed by atoms with Crippen LogP contribution in [0.15, 0.2) is 27.4 Å². The quantitative estimate of drug-likeness (QED) is 0.687. The first-order chi connectivity index (χ1) is 8.94. The molecule has 0 spiro atoms. The molecule has 0 aliphatic carbocycles. The van der Waals surface area contributed by atoms with Crippen molar-refractivity contribution in [3.8, 4) is 0 Å². The fourth-order valence-corrected chi connectivity index (χ4v) is 1.91. The maximum atomic E-state index is 11.0. The second kappa shape index (κ2) is 5.59. The Morgan fingerprint density at radius 2 is 2.16 bits per heavy atom. The van der Waals surface area contributed by atoms with E-state index in [0.29, 0.717) is 5.58 Å². The van der Waals surface area contributed by atoms with E-state index < -0.39 is 5.76 Å². The molecular formula is C14H21N3O2. The van der Waals surface area contributed by atoms with Gasteiger partial charge in [-0.3, -0.25) is 4.98 Å². The maximum Gasteiger partial charge on any atom is 0.417 e. The lowest BCUT2D eigenvalue weighted by Gasteiger charge is -2.18. The van der Waals surface area contributed by atoms with Gasteiger partial charge in [-0.05, 0) is 57.5 Å². The van der Waals surface area contributed by atoms with Crippen LogP contribution >= 0.6 is 0 Å². The molecule has 104 valence electrons. The van der Waals surface area contributed by atoms with Crippen LogP contribution in [0.1, 0.15) is 25.8 Å². The molecule has 1 aromatic carbocycles. The Hall–Kier alpha value is -1.59. The zero-order valence-electron chi connectivity index (χ0n) is 11.5. The lowest BCUT2D eigenvalue weighted by molar-refractivity contribution is 0.456. The monoisotopic (exact) mass is 263 g/mol. The van der Waals surface area contributed by atoms with Crippen LogP contribution in [-0.4, -0.2) is 23.6 Å². The number of aromatic amines is 1. The number of rotatable bonds is 6. The summed E-state index contributed by atoms with van der Waals surface area (Å²) in [5.41, 5.74) is 8.29. The highest BCUT2D eigenvalue weighted by molar-refractivity contribution is 5.72. The summed E-state index contributed by atoms with van der Waals surface area (Å²) in [4.78, 5) is 13.7. The molecule has 2 rings (SSSR count). The standard InChI is InChI=1S/C14H21N3O2/c1-14(2,15)6-8-16-7-5-10-3-4-11-12(9-10)19-13(18)17-11/h3-4,9,16H,5-8,15H2,1-2H3,(H,17,18). The van der Waals surface area contributed by atoms with Gasteiger partial charge in [0.15, 0.2) is 5.58 Å². The molecule has 5 heteroatoms. The molecule has 1 aromatic heterocycles. The Morgan fingerprint density at radius 3 is 2.89 bits per heavy atom. The molecule has 1 heterocycles. The van der Waals surface area contributed by atoms with E-state index in [1.165, 1.54) is 0 Å². The van der Waals surface area contributed by atoms with Crippen LogP contribution in [0.3, 0.4) is 0 Å². The lowest BCUT2D eigenvalue weighted by atomic mass is 10.0. The van der Waals surface area contributed by atoms with Crippen LogP contribution < -0.4 is 16.8 Å². The topological polar surface area (TPSA) is 84.0 Å². The highest BCUT2D eigenvalue weighted by Gasteiger charge is 2.09. The smallest absolute Gasteiger partial charge is 0.408 e. The average Bonchev–Trinajstić information content (AvgIpc) is 2.66. The van der Waals surface area contributed by atoms with E-state index in [2.05, 4.69) is 10.3 Å². The zero-order chi connectivity index (χ0) is 13.9. The molecule has 0 fully saturated rings. The number of aromatic nitrogens is 1. The number of hydrogen-bond acceptors (Lipinski definition) is 4. The number of oxazole rings is 1. The van der Waals surface area contributed by atoms with E-state index in [1.807, 2.05) is 32.0 Å². The van der Waals surface area contributed by atoms with Gasteiger partial charge in [-0.25, -0.2) is 4.79 Å². The highest BCUT2D eigenvalue weighted by atomic mass is 16.4. The number of H-pyrrole nitrogens is 1. The van der Waals surface area contributed by atoms with Gasteiger partial charge in [0.25, 0.3) is 0 Å². The predicted octanol–water partition coefficient (Wildman–Crippen LogP) is 1.38. The second-order valence-electron chi connectivity index (χ2n) is 5.58. The number of fused-ring (bicyclic) bond motifs is 1. The number of nitrogens with one attached hydrogen (secondary N) is 2. The third kappa shape index (κ3) is 4.22. The van der Waals surface area contributed by atoms with E-state index in [0.717, 1.165) is 37.0 Å². The van der Waals surface area contributed by atoms with Crippen molar-refractivity contribution in [2.45, 2.75) is 32.2 Å². The van der Waals surface area contributed by atoms with Gasteiger partial charge in [0, 0.05) is 5.54 Å². The molecule has 0 saturated heterocycles. The van der Waals surface area contributed by atoms with Gasteiger partial charge in [0.1, 0.15) is 0 Å². The minimum absolute atomic E-state index is 0.125. The van der Waals surface area contributed by atoms with Crippen molar-refractivity contribution in [3.63, 3.8) is 0 Å². The van der Waals surface area contributed by atoms with Gasteiger partial charge in [0.05, 0.1) is 5.52 Å². The van der Waals surface area contributed by atoms with Crippen LogP contribution in [0.5, 0.6) is 0 Å². The Labute approximate surface area is 112 Å². The van der Waals surface area contributed by atoms with Crippen molar-refractivity contribution in [2.24, 2.45) is 5.73 Å². The number of hydrogen-bond donors (Lipinski definition) is 3. The normalized spacial score (nSPS) is 12.2. The minimum atomic E-state index is -0.407. The van der Waals surface area contributed by atoms with E-state index in [-0.39, 0.29) is 5.54 Å². The van der Waals surface area contributed by atoms with Gasteiger partial charge >= 0.3 is 5.76 Å². The van der Waals surface area contributed by atoms with E-state index >= 15 is 0 Å². The molecule has 0 unspecified atom stereocenters. The molecule has 5 nitrogen and oxygen atoms in total. The largest absolute Gasteiger partial charge is 0.417 e. The third-order valence-corrected chi connectivity index (χ3v) is 3.02. The molecule has 0 aliphatic rings. The van der Waals surface area contributed by atoms with Crippen molar-refractivity contribution in [3.05, 3.63) is 34.3 Å². The summed E-state index contributed by atoms with van der Waals surface area (Å²) in [5, 5.41) is 3.36. The highest BCUT2D eigenvalue weighted by Crippen LogP contribution is 2.12. The van der Waals surface area contributed by atoms with Gasteiger partial charge < -0.3 is 15.5 Å². The van der Waals surface area contributed by atoms with E-state index in [1.54, 1.807) is 0 Å². The molecule has 19 heavy (non-hydrogen) atoms. The molecule has 2 aromatic rings. The minimum Gasteiger partial charge on any atom is -0.408 e. The van der Waals surface area contributed by atoms with Crippen molar-refractivity contribution < 1.29 is 4.42 Å². The summed E-state index contributed by atoms with van der Waals surface area (Å²) in [6.45, 7) is 5.84. The summed E-state index contributed by atoms with van der Waals surface area (Å²) in [7, 11) is 0. The Balaban J connectivity index is 1.83. The Bertz CT molecular complexity index is 592. The Morgan fingerprint density at radius 1 is 1.37 bits per heavy atom. The molecular weight excluding hydrogens is 242 g/mol. The first kappa shape index (κ1) is 13.8. The number of nitrogens with two attached hydrogens (primary N) is 1. The number of benzene rings is 1. The van der Waals surface area contributed by atoms with Gasteiger partial charge in [0.2, 0.25) is 0 Å². The van der Waals surface area contributed by atoms with Crippen LogP contribution in [0, 0.1) is 0 Å². The fraction of sp³-hybridized carbons (Fsp3) is 0.500. The van der Waals surface area contributed by atoms with Gasteiger partial charge in [-0.1, -0.05) is 6.07 Å². The predicted molar refractivity (Wildman–Crippen MR) is 76.3 cm³/mol. The lowest BCUT2D eigenvalue weighted by Crippen LogP contribution is -2.36. The van der Waals surface area contributed by atoms with Crippen LogP contribution in [0.25, 0.3) is 11.1 Å². The van der Waals surface area contributed by atoms with Crippen molar-refractivity contribution in [2.75, 3.05) is 13.1 Å². The maximum absolute atomic E-state index is 11.0. The summed E-state index contributed by atoms with van der Waals surface area (Å²) in [6.07, 6.45) is 1.84. The van der Waals surface area contributed by atoms with Gasteiger partial charge in [-0.15, -0.1) is 0 Å². The van der Waals surface area contributed by atoms with Crippen molar-refractivity contribution in [1.29, 1.82) is 0 Å². The Kier molecular flexibility index (Phi) is 4.07. The fourth-order valence-electron chi connectivity index (χ4n) is 1.91.